The van der Waals surface area contributed by atoms with Gasteiger partial charge >= 0.3 is 0 Å². The third-order valence-electron chi connectivity index (χ3n) is 3.22. The van der Waals surface area contributed by atoms with Gasteiger partial charge in [0, 0.05) is 12.1 Å². The maximum absolute atomic E-state index is 12.5. The molecule has 7 heteroatoms. The number of hydrogen-bond donors (Lipinski definition) is 1. The Balaban J connectivity index is 1.85. The minimum atomic E-state index is -3.72. The molecule has 1 heterocycles. The van der Waals surface area contributed by atoms with Crippen LogP contribution in [-0.4, -0.2) is 28.2 Å². The lowest BCUT2D eigenvalue weighted by Crippen LogP contribution is -2.17. The van der Waals surface area contributed by atoms with E-state index in [1.165, 1.54) is 12.1 Å². The van der Waals surface area contributed by atoms with E-state index in [2.05, 4.69) is 4.72 Å². The molecule has 2 aromatic rings. The second kappa shape index (κ2) is 6.37. The Labute approximate surface area is 135 Å². The van der Waals surface area contributed by atoms with Crippen LogP contribution in [0.2, 0.25) is 0 Å². The number of ether oxygens (including phenoxy) is 3. The second-order valence-electron chi connectivity index (χ2n) is 4.87. The van der Waals surface area contributed by atoms with Gasteiger partial charge in [-0.1, -0.05) is 6.07 Å². The molecule has 1 aliphatic rings. The zero-order valence-electron chi connectivity index (χ0n) is 12.6. The molecule has 1 N–H and O–H groups in total. The van der Waals surface area contributed by atoms with Crippen molar-refractivity contribution in [1.29, 1.82) is 0 Å². The zero-order chi connectivity index (χ0) is 16.3. The summed E-state index contributed by atoms with van der Waals surface area (Å²) in [6.45, 7) is 3.24. The van der Waals surface area contributed by atoms with Crippen molar-refractivity contribution in [1.82, 2.24) is 0 Å². The molecule has 0 amide bonds. The molecule has 122 valence electrons. The van der Waals surface area contributed by atoms with E-state index in [0.717, 1.165) is 0 Å². The normalized spacial score (nSPS) is 13.4. The van der Waals surface area contributed by atoms with Crippen LogP contribution in [0.25, 0.3) is 0 Å². The van der Waals surface area contributed by atoms with Crippen molar-refractivity contribution >= 4 is 15.7 Å². The van der Waals surface area contributed by atoms with Crippen molar-refractivity contribution in [3.05, 3.63) is 42.5 Å². The number of rotatable bonds is 5. The van der Waals surface area contributed by atoms with E-state index in [9.17, 15) is 8.42 Å². The summed E-state index contributed by atoms with van der Waals surface area (Å²) >= 11 is 0. The summed E-state index contributed by atoms with van der Waals surface area (Å²) in [6.07, 6.45) is 0. The van der Waals surface area contributed by atoms with Crippen LogP contribution in [0.4, 0.5) is 5.69 Å². The largest absolute Gasteiger partial charge is 0.494 e. The van der Waals surface area contributed by atoms with Gasteiger partial charge in [-0.25, -0.2) is 8.42 Å². The van der Waals surface area contributed by atoms with E-state index in [4.69, 9.17) is 14.2 Å². The molecule has 0 radical (unpaired) electrons. The average Bonchev–Trinajstić information content (AvgIpc) is 2.54. The lowest BCUT2D eigenvalue weighted by Gasteiger charge is -2.19. The monoisotopic (exact) mass is 335 g/mol. The summed E-state index contributed by atoms with van der Waals surface area (Å²) in [6, 6.07) is 11.3. The molecule has 23 heavy (non-hydrogen) atoms. The van der Waals surface area contributed by atoms with Crippen molar-refractivity contribution in [3.8, 4) is 17.2 Å². The molecule has 0 bridgehead atoms. The van der Waals surface area contributed by atoms with Gasteiger partial charge in [-0.3, -0.25) is 4.72 Å². The zero-order valence-corrected chi connectivity index (χ0v) is 13.4. The van der Waals surface area contributed by atoms with Gasteiger partial charge in [-0.05, 0) is 31.2 Å². The molecule has 0 atom stereocenters. The average molecular weight is 335 g/mol. The van der Waals surface area contributed by atoms with E-state index in [1.54, 1.807) is 30.3 Å². The summed E-state index contributed by atoms with van der Waals surface area (Å²) in [7, 11) is -3.72. The Bertz CT molecular complexity index is 804. The molecular weight excluding hydrogens is 318 g/mol. The molecule has 0 unspecified atom stereocenters. The molecule has 2 aromatic carbocycles. The summed E-state index contributed by atoms with van der Waals surface area (Å²) in [5.74, 6) is 1.59. The van der Waals surface area contributed by atoms with Gasteiger partial charge in [0.2, 0.25) is 0 Å². The van der Waals surface area contributed by atoms with Gasteiger partial charge in [-0.2, -0.15) is 0 Å². The first-order valence-electron chi connectivity index (χ1n) is 7.24. The van der Waals surface area contributed by atoms with Crippen molar-refractivity contribution in [2.75, 3.05) is 24.5 Å². The van der Waals surface area contributed by atoms with Crippen LogP contribution in [0.1, 0.15) is 6.92 Å². The van der Waals surface area contributed by atoms with Crippen LogP contribution in [0, 0.1) is 0 Å². The first kappa shape index (κ1) is 15.5. The van der Waals surface area contributed by atoms with Crippen LogP contribution in [0.15, 0.2) is 47.4 Å². The number of hydrogen-bond acceptors (Lipinski definition) is 5. The molecule has 0 saturated heterocycles. The minimum Gasteiger partial charge on any atom is -0.494 e. The summed E-state index contributed by atoms with van der Waals surface area (Å²) < 4.78 is 43.7. The van der Waals surface area contributed by atoms with Gasteiger partial charge in [0.15, 0.2) is 11.5 Å². The number of sulfonamides is 1. The highest BCUT2D eigenvalue weighted by Crippen LogP contribution is 2.32. The third kappa shape index (κ3) is 3.50. The van der Waals surface area contributed by atoms with Gasteiger partial charge in [0.25, 0.3) is 10.0 Å². The maximum atomic E-state index is 12.5. The Hall–Kier alpha value is -2.41. The van der Waals surface area contributed by atoms with Gasteiger partial charge in [0.1, 0.15) is 19.0 Å². The predicted octanol–water partition coefficient (Wildman–Crippen LogP) is 2.66. The van der Waals surface area contributed by atoms with Crippen LogP contribution in [-0.2, 0) is 10.0 Å². The first-order valence-corrected chi connectivity index (χ1v) is 8.72. The van der Waals surface area contributed by atoms with Crippen molar-refractivity contribution < 1.29 is 22.6 Å². The standard InChI is InChI=1S/C16H17NO5S/c1-2-20-13-5-3-4-12(10-13)17-23(18,19)14-6-7-15-16(11-14)22-9-8-21-15/h3-7,10-11,17H,2,8-9H2,1H3. The Morgan fingerprint density at radius 1 is 1.09 bits per heavy atom. The number of fused-ring (bicyclic) bond motifs is 1. The highest BCUT2D eigenvalue weighted by Gasteiger charge is 2.19. The summed E-state index contributed by atoms with van der Waals surface area (Å²) in [5.41, 5.74) is 0.436. The topological polar surface area (TPSA) is 73.9 Å². The van der Waals surface area contributed by atoms with Crippen LogP contribution < -0.4 is 18.9 Å². The van der Waals surface area contributed by atoms with Crippen LogP contribution >= 0.6 is 0 Å². The molecule has 0 spiro atoms. The van der Waals surface area contributed by atoms with Crippen LogP contribution in [0.3, 0.4) is 0 Å². The molecule has 1 aliphatic heterocycles. The lowest BCUT2D eigenvalue weighted by atomic mass is 10.3. The van der Waals surface area contributed by atoms with Crippen molar-refractivity contribution in [2.45, 2.75) is 11.8 Å². The van der Waals surface area contributed by atoms with Gasteiger partial charge < -0.3 is 14.2 Å². The van der Waals surface area contributed by atoms with E-state index in [1.807, 2.05) is 6.92 Å². The predicted molar refractivity (Wildman–Crippen MR) is 85.9 cm³/mol. The SMILES string of the molecule is CCOc1cccc(NS(=O)(=O)c2ccc3c(c2)OCCO3)c1. The minimum absolute atomic E-state index is 0.114. The van der Waals surface area contributed by atoms with Gasteiger partial charge in [-0.15, -0.1) is 0 Å². The Morgan fingerprint density at radius 3 is 2.65 bits per heavy atom. The first-order chi connectivity index (χ1) is 11.1. The molecule has 0 aromatic heterocycles. The molecule has 0 saturated carbocycles. The fourth-order valence-corrected chi connectivity index (χ4v) is 3.29. The molecular formula is C16H17NO5S. The van der Waals surface area contributed by atoms with Crippen LogP contribution in [0.5, 0.6) is 17.2 Å². The van der Waals surface area contributed by atoms with E-state index in [0.29, 0.717) is 42.8 Å². The number of benzene rings is 2. The summed E-state index contributed by atoms with van der Waals surface area (Å²) in [5, 5.41) is 0. The molecule has 0 aliphatic carbocycles. The highest BCUT2D eigenvalue weighted by atomic mass is 32.2. The Morgan fingerprint density at radius 2 is 1.87 bits per heavy atom. The smallest absolute Gasteiger partial charge is 0.262 e. The fraction of sp³-hybridized carbons (Fsp3) is 0.250. The second-order valence-corrected chi connectivity index (χ2v) is 6.55. The highest BCUT2D eigenvalue weighted by molar-refractivity contribution is 7.92. The lowest BCUT2D eigenvalue weighted by molar-refractivity contribution is 0.171. The molecule has 3 rings (SSSR count). The number of nitrogens with one attached hydrogen (secondary N) is 1. The van der Waals surface area contributed by atoms with Crippen molar-refractivity contribution in [2.24, 2.45) is 0 Å². The number of anilines is 1. The fourth-order valence-electron chi connectivity index (χ4n) is 2.22. The van der Waals surface area contributed by atoms with E-state index < -0.39 is 10.0 Å². The van der Waals surface area contributed by atoms with E-state index in [-0.39, 0.29) is 4.90 Å². The Kier molecular flexibility index (Phi) is 4.29. The third-order valence-corrected chi connectivity index (χ3v) is 4.60. The van der Waals surface area contributed by atoms with Crippen molar-refractivity contribution in [3.63, 3.8) is 0 Å². The molecule has 6 nitrogen and oxygen atoms in total. The van der Waals surface area contributed by atoms with Gasteiger partial charge in [0.05, 0.1) is 17.2 Å². The summed E-state index contributed by atoms with van der Waals surface area (Å²) in [4.78, 5) is 0.114. The maximum Gasteiger partial charge on any atom is 0.262 e. The van der Waals surface area contributed by atoms with E-state index >= 15 is 0 Å². The molecule has 0 fully saturated rings. The quantitative estimate of drug-likeness (QED) is 0.909.